The molecule has 0 N–H and O–H groups in total. The number of hydrogen-bond acceptors (Lipinski definition) is 1. The van der Waals surface area contributed by atoms with E-state index in [-0.39, 0.29) is 0 Å². The van der Waals surface area contributed by atoms with E-state index in [2.05, 4.69) is 0 Å². The van der Waals surface area contributed by atoms with Gasteiger partial charge in [0.05, 0.1) is 0 Å². The molecule has 1 heteroatoms. The summed E-state index contributed by atoms with van der Waals surface area (Å²) in [6.45, 7) is 0. The Balaban J connectivity index is 2.02. The molecule has 1 nitrogen and oxygen atoms in total. The molecule has 2 aliphatic carbocycles. The highest BCUT2D eigenvalue weighted by Crippen LogP contribution is 2.65. The van der Waals surface area contributed by atoms with Gasteiger partial charge < -0.3 is 4.79 Å². The Labute approximate surface area is 55.4 Å². The van der Waals surface area contributed by atoms with Crippen LogP contribution in [0.1, 0.15) is 32.1 Å². The first kappa shape index (κ1) is 5.45. The molecular formula is C8H12O. The monoisotopic (exact) mass is 124 g/mol. The van der Waals surface area contributed by atoms with Crippen molar-refractivity contribution in [2.24, 2.45) is 11.3 Å². The zero-order valence-electron chi connectivity index (χ0n) is 5.60. The number of carbonyl (C=O) groups is 1. The maximum Gasteiger partial charge on any atom is 0.120 e. The van der Waals surface area contributed by atoms with Crippen LogP contribution in [-0.2, 0) is 4.79 Å². The molecule has 2 atom stereocenters. The molecule has 0 saturated heterocycles. The van der Waals surface area contributed by atoms with Gasteiger partial charge in [-0.15, -0.1) is 0 Å². The van der Waals surface area contributed by atoms with Crippen molar-refractivity contribution in [2.45, 2.75) is 32.1 Å². The van der Waals surface area contributed by atoms with Gasteiger partial charge in [0.15, 0.2) is 0 Å². The molecule has 0 aliphatic heterocycles. The minimum atomic E-state index is 0.543. The van der Waals surface area contributed by atoms with Crippen molar-refractivity contribution < 1.29 is 4.79 Å². The lowest BCUT2D eigenvalue weighted by molar-refractivity contribution is -0.108. The van der Waals surface area contributed by atoms with E-state index in [1.54, 1.807) is 0 Å². The number of carbonyl (C=O) groups excluding carboxylic acids is 1. The highest BCUT2D eigenvalue weighted by Gasteiger charge is 2.55. The van der Waals surface area contributed by atoms with Gasteiger partial charge in [-0.25, -0.2) is 0 Å². The van der Waals surface area contributed by atoms with E-state index in [4.69, 9.17) is 0 Å². The average Bonchev–Trinajstić information content (AvgIpc) is 2.37. The van der Waals surface area contributed by atoms with Crippen molar-refractivity contribution >= 4 is 6.29 Å². The molecule has 2 saturated carbocycles. The standard InChI is InChI=1S/C8H12O/c9-5-4-8-3-1-2-7(8)6-8/h5,7H,1-4,6H2/t7-,8-/m1/s1. The predicted molar refractivity (Wildman–Crippen MR) is 35.1 cm³/mol. The van der Waals surface area contributed by atoms with Gasteiger partial charge >= 0.3 is 0 Å². The summed E-state index contributed by atoms with van der Waals surface area (Å²) in [6.07, 6.45) is 7.40. The van der Waals surface area contributed by atoms with E-state index in [0.717, 1.165) is 18.6 Å². The Morgan fingerprint density at radius 1 is 1.67 bits per heavy atom. The molecule has 0 spiro atoms. The smallest absolute Gasteiger partial charge is 0.120 e. The van der Waals surface area contributed by atoms with E-state index in [1.165, 1.54) is 25.7 Å². The first-order valence-electron chi connectivity index (χ1n) is 3.81. The van der Waals surface area contributed by atoms with Crippen LogP contribution >= 0.6 is 0 Å². The van der Waals surface area contributed by atoms with Crippen LogP contribution in [0.2, 0.25) is 0 Å². The summed E-state index contributed by atoms with van der Waals surface area (Å²) in [5, 5.41) is 0. The summed E-state index contributed by atoms with van der Waals surface area (Å²) in [5.74, 6) is 0.947. The molecule has 0 heterocycles. The predicted octanol–water partition coefficient (Wildman–Crippen LogP) is 1.77. The lowest BCUT2D eigenvalue weighted by Crippen LogP contribution is -1.97. The van der Waals surface area contributed by atoms with Gasteiger partial charge in [0, 0.05) is 6.42 Å². The largest absolute Gasteiger partial charge is 0.303 e. The van der Waals surface area contributed by atoms with Crippen LogP contribution in [0.5, 0.6) is 0 Å². The molecule has 0 aromatic heterocycles. The van der Waals surface area contributed by atoms with E-state index in [9.17, 15) is 4.79 Å². The fourth-order valence-corrected chi connectivity index (χ4v) is 2.36. The number of hydrogen-bond donors (Lipinski definition) is 0. The van der Waals surface area contributed by atoms with E-state index in [0.29, 0.717) is 5.41 Å². The van der Waals surface area contributed by atoms with Gasteiger partial charge in [0.25, 0.3) is 0 Å². The van der Waals surface area contributed by atoms with E-state index < -0.39 is 0 Å². The summed E-state index contributed by atoms with van der Waals surface area (Å²) in [6, 6.07) is 0. The third kappa shape index (κ3) is 0.637. The first-order valence-corrected chi connectivity index (χ1v) is 3.81. The SMILES string of the molecule is O=CC[C@@]12CCC[C@@H]1C2. The molecule has 0 aromatic rings. The number of fused-ring (bicyclic) bond motifs is 1. The molecule has 0 amide bonds. The minimum absolute atomic E-state index is 0.543. The van der Waals surface area contributed by atoms with E-state index in [1.807, 2.05) is 0 Å². The topological polar surface area (TPSA) is 17.1 Å². The summed E-state index contributed by atoms with van der Waals surface area (Å²) in [4.78, 5) is 10.2. The molecule has 0 radical (unpaired) electrons. The maximum absolute atomic E-state index is 10.2. The van der Waals surface area contributed by atoms with Gasteiger partial charge in [-0.05, 0) is 30.6 Å². The Morgan fingerprint density at radius 2 is 2.56 bits per heavy atom. The molecular weight excluding hydrogens is 112 g/mol. The molecule has 2 rings (SSSR count). The normalized spacial score (nSPS) is 46.4. The highest BCUT2D eigenvalue weighted by atomic mass is 16.1. The molecule has 0 unspecified atom stereocenters. The number of rotatable bonds is 2. The van der Waals surface area contributed by atoms with Crippen molar-refractivity contribution in [3.63, 3.8) is 0 Å². The summed E-state index contributed by atoms with van der Waals surface area (Å²) in [7, 11) is 0. The fourth-order valence-electron chi connectivity index (χ4n) is 2.36. The quantitative estimate of drug-likeness (QED) is 0.513. The third-order valence-electron chi connectivity index (χ3n) is 3.08. The maximum atomic E-state index is 10.2. The molecule has 2 aliphatic rings. The van der Waals surface area contributed by atoms with Crippen molar-refractivity contribution in [1.82, 2.24) is 0 Å². The molecule has 2 fully saturated rings. The average molecular weight is 124 g/mol. The second kappa shape index (κ2) is 1.59. The van der Waals surface area contributed by atoms with Crippen LogP contribution in [0.4, 0.5) is 0 Å². The third-order valence-corrected chi connectivity index (χ3v) is 3.08. The molecule has 0 aromatic carbocycles. The van der Waals surface area contributed by atoms with Crippen molar-refractivity contribution in [3.05, 3.63) is 0 Å². The van der Waals surface area contributed by atoms with Crippen LogP contribution in [0, 0.1) is 11.3 Å². The van der Waals surface area contributed by atoms with Crippen molar-refractivity contribution in [1.29, 1.82) is 0 Å². The molecule has 9 heavy (non-hydrogen) atoms. The minimum Gasteiger partial charge on any atom is -0.303 e. The number of aldehydes is 1. The second-order valence-corrected chi connectivity index (χ2v) is 3.53. The van der Waals surface area contributed by atoms with Gasteiger partial charge in [-0.3, -0.25) is 0 Å². The van der Waals surface area contributed by atoms with Crippen molar-refractivity contribution in [3.8, 4) is 0 Å². The van der Waals surface area contributed by atoms with Crippen LogP contribution in [0.15, 0.2) is 0 Å². The summed E-state index contributed by atoms with van der Waals surface area (Å²) >= 11 is 0. The van der Waals surface area contributed by atoms with Crippen LogP contribution in [0.3, 0.4) is 0 Å². The summed E-state index contributed by atoms with van der Waals surface area (Å²) in [5.41, 5.74) is 0.543. The van der Waals surface area contributed by atoms with Gasteiger partial charge in [-0.1, -0.05) is 6.42 Å². The van der Waals surface area contributed by atoms with Gasteiger partial charge in [0.1, 0.15) is 6.29 Å². The zero-order valence-corrected chi connectivity index (χ0v) is 5.60. The second-order valence-electron chi connectivity index (χ2n) is 3.53. The highest BCUT2D eigenvalue weighted by molar-refractivity contribution is 5.52. The van der Waals surface area contributed by atoms with E-state index >= 15 is 0 Å². The molecule has 0 bridgehead atoms. The Bertz CT molecular complexity index is 142. The fraction of sp³-hybridized carbons (Fsp3) is 0.875. The Morgan fingerprint density at radius 3 is 3.00 bits per heavy atom. The van der Waals surface area contributed by atoms with Gasteiger partial charge in [-0.2, -0.15) is 0 Å². The van der Waals surface area contributed by atoms with Crippen LogP contribution in [0.25, 0.3) is 0 Å². The lowest BCUT2D eigenvalue weighted by Gasteiger charge is -2.03. The van der Waals surface area contributed by atoms with Gasteiger partial charge in [0.2, 0.25) is 0 Å². The zero-order chi connectivity index (χ0) is 6.32. The Kier molecular flexibility index (Phi) is 0.961. The summed E-state index contributed by atoms with van der Waals surface area (Å²) < 4.78 is 0. The lowest BCUT2D eigenvalue weighted by atomic mass is 10.0. The van der Waals surface area contributed by atoms with Crippen LogP contribution in [-0.4, -0.2) is 6.29 Å². The Hall–Kier alpha value is -0.330. The first-order chi connectivity index (χ1) is 4.37. The molecule has 50 valence electrons. The van der Waals surface area contributed by atoms with Crippen LogP contribution < -0.4 is 0 Å². The van der Waals surface area contributed by atoms with Crippen molar-refractivity contribution in [2.75, 3.05) is 0 Å².